The molecule has 0 bridgehead atoms. The molecule has 0 spiro atoms. The van der Waals surface area contributed by atoms with Crippen molar-refractivity contribution in [1.29, 1.82) is 0 Å². The number of unbranched alkanes of at least 4 members (excludes halogenated alkanes) is 1. The molecule has 0 radical (unpaired) electrons. The first-order valence-corrected chi connectivity index (χ1v) is 12.3. The molecule has 1 saturated carbocycles. The average molecular weight is 421 g/mol. The molecule has 162 valence electrons. The molecule has 0 aliphatic heterocycles. The van der Waals surface area contributed by atoms with Crippen LogP contribution in [0.3, 0.4) is 0 Å². The number of allylic oxidation sites excluding steroid dienone is 2. The average Bonchev–Trinajstić information content (AvgIpc) is 2.76. The van der Waals surface area contributed by atoms with E-state index >= 15 is 0 Å². The topological polar surface area (TPSA) is 9.23 Å². The Morgan fingerprint density at radius 3 is 2.38 bits per heavy atom. The highest BCUT2D eigenvalue weighted by Gasteiger charge is 2.23. The summed E-state index contributed by atoms with van der Waals surface area (Å²) < 4.78 is 20.5. The van der Waals surface area contributed by atoms with Crippen molar-refractivity contribution >= 4 is 17.2 Å². The fourth-order valence-electron chi connectivity index (χ4n) is 5.01. The van der Waals surface area contributed by atoms with Gasteiger partial charge in [-0.3, -0.25) is 0 Å². The standard InChI is InChI=1S/C26H38ClFO/c1-3-5-18-29-24-17-16-23(26(28)25(24)27)22-14-12-21(13-15-22)11-10-20-8-6-19(4-2)7-9-20/h14,16-17,19-21H,3-13,15,18H2,1-2H3. The number of ether oxygens (including phenoxy) is 1. The zero-order valence-corrected chi connectivity index (χ0v) is 19.1. The lowest BCUT2D eigenvalue weighted by molar-refractivity contribution is 0.242. The van der Waals surface area contributed by atoms with Gasteiger partial charge < -0.3 is 4.74 Å². The van der Waals surface area contributed by atoms with Crippen molar-refractivity contribution in [2.45, 2.75) is 90.9 Å². The minimum absolute atomic E-state index is 0.129. The second-order valence-electron chi connectivity index (χ2n) is 9.18. The van der Waals surface area contributed by atoms with E-state index in [0.717, 1.165) is 49.0 Å². The van der Waals surface area contributed by atoms with Crippen LogP contribution in [-0.4, -0.2) is 6.61 Å². The van der Waals surface area contributed by atoms with Crippen LogP contribution in [0.2, 0.25) is 5.02 Å². The summed E-state index contributed by atoms with van der Waals surface area (Å²) in [6.07, 6.45) is 17.3. The number of hydrogen-bond acceptors (Lipinski definition) is 1. The molecule has 0 aromatic heterocycles. The van der Waals surface area contributed by atoms with Gasteiger partial charge in [0.2, 0.25) is 0 Å². The van der Waals surface area contributed by atoms with Gasteiger partial charge in [-0.05, 0) is 67.6 Å². The minimum atomic E-state index is -0.321. The van der Waals surface area contributed by atoms with E-state index < -0.39 is 0 Å². The second kappa shape index (κ2) is 11.4. The zero-order valence-electron chi connectivity index (χ0n) is 18.3. The Balaban J connectivity index is 1.51. The summed E-state index contributed by atoms with van der Waals surface area (Å²) in [6, 6.07) is 3.68. The lowest BCUT2D eigenvalue weighted by Crippen LogP contribution is -2.15. The maximum Gasteiger partial charge on any atom is 0.153 e. The molecule has 1 fully saturated rings. The summed E-state index contributed by atoms with van der Waals surface area (Å²) in [5.74, 6) is 2.83. The Kier molecular flexibility index (Phi) is 8.90. The summed E-state index contributed by atoms with van der Waals surface area (Å²) in [4.78, 5) is 0. The predicted octanol–water partition coefficient (Wildman–Crippen LogP) is 8.84. The molecule has 0 saturated heterocycles. The summed E-state index contributed by atoms with van der Waals surface area (Å²) in [5, 5.41) is 0.129. The Morgan fingerprint density at radius 1 is 1.00 bits per heavy atom. The van der Waals surface area contributed by atoms with Crippen molar-refractivity contribution in [3.05, 3.63) is 34.6 Å². The van der Waals surface area contributed by atoms with E-state index in [2.05, 4.69) is 19.9 Å². The van der Waals surface area contributed by atoms with E-state index in [-0.39, 0.29) is 10.8 Å². The molecule has 2 aliphatic rings. The number of hydrogen-bond donors (Lipinski definition) is 0. The van der Waals surface area contributed by atoms with Crippen LogP contribution in [0.1, 0.15) is 96.5 Å². The van der Waals surface area contributed by atoms with E-state index in [1.165, 1.54) is 51.4 Å². The largest absolute Gasteiger partial charge is 0.492 e. The molecule has 1 unspecified atom stereocenters. The van der Waals surface area contributed by atoms with Gasteiger partial charge >= 0.3 is 0 Å². The summed E-state index contributed by atoms with van der Waals surface area (Å²) in [6.45, 7) is 5.02. The number of benzene rings is 1. The fourth-order valence-corrected chi connectivity index (χ4v) is 5.23. The highest BCUT2D eigenvalue weighted by Crippen LogP contribution is 2.39. The van der Waals surface area contributed by atoms with E-state index in [1.807, 2.05) is 12.1 Å². The van der Waals surface area contributed by atoms with E-state index in [1.54, 1.807) is 0 Å². The van der Waals surface area contributed by atoms with Crippen molar-refractivity contribution in [2.24, 2.45) is 17.8 Å². The molecule has 1 aromatic carbocycles. The lowest BCUT2D eigenvalue weighted by atomic mass is 9.76. The molecule has 1 aromatic rings. The summed E-state index contributed by atoms with van der Waals surface area (Å²) >= 11 is 6.25. The molecule has 0 amide bonds. The molecule has 1 nitrogen and oxygen atoms in total. The van der Waals surface area contributed by atoms with Crippen molar-refractivity contribution in [2.75, 3.05) is 6.61 Å². The normalized spacial score (nSPS) is 25.0. The van der Waals surface area contributed by atoms with Crippen LogP contribution in [0, 0.1) is 23.6 Å². The van der Waals surface area contributed by atoms with Crippen molar-refractivity contribution in [3.63, 3.8) is 0 Å². The van der Waals surface area contributed by atoms with Gasteiger partial charge in [-0.1, -0.05) is 76.5 Å². The maximum atomic E-state index is 14.9. The Morgan fingerprint density at radius 2 is 1.72 bits per heavy atom. The fraction of sp³-hybridized carbons (Fsp3) is 0.692. The van der Waals surface area contributed by atoms with Crippen LogP contribution < -0.4 is 4.74 Å². The van der Waals surface area contributed by atoms with E-state index in [0.29, 0.717) is 17.9 Å². The Hall–Kier alpha value is -1.02. The van der Waals surface area contributed by atoms with Gasteiger partial charge in [0.25, 0.3) is 0 Å². The van der Waals surface area contributed by atoms with Gasteiger partial charge in [0, 0.05) is 5.56 Å². The molecular weight excluding hydrogens is 383 g/mol. The highest BCUT2D eigenvalue weighted by atomic mass is 35.5. The Labute approximate surface area is 182 Å². The number of rotatable bonds is 9. The monoisotopic (exact) mass is 420 g/mol. The van der Waals surface area contributed by atoms with Crippen LogP contribution in [0.4, 0.5) is 4.39 Å². The van der Waals surface area contributed by atoms with Crippen molar-refractivity contribution < 1.29 is 9.13 Å². The summed E-state index contributed by atoms with van der Waals surface area (Å²) in [5.41, 5.74) is 1.78. The van der Waals surface area contributed by atoms with Crippen molar-refractivity contribution in [3.8, 4) is 5.75 Å². The lowest BCUT2D eigenvalue weighted by Gasteiger charge is -2.29. The van der Waals surface area contributed by atoms with Crippen LogP contribution in [-0.2, 0) is 0 Å². The third-order valence-electron chi connectivity index (χ3n) is 7.19. The SMILES string of the molecule is CCCCOc1ccc(C2=CCC(CCC3CCC(CC)CC3)CC2)c(F)c1Cl. The maximum absolute atomic E-state index is 14.9. The van der Waals surface area contributed by atoms with E-state index in [4.69, 9.17) is 16.3 Å². The highest BCUT2D eigenvalue weighted by molar-refractivity contribution is 6.32. The van der Waals surface area contributed by atoms with Crippen LogP contribution in [0.5, 0.6) is 5.75 Å². The predicted molar refractivity (Wildman–Crippen MR) is 122 cm³/mol. The molecule has 0 N–H and O–H groups in total. The number of halogens is 2. The quantitative estimate of drug-likeness (QED) is 0.362. The molecular formula is C26H38ClFO. The first kappa shape index (κ1) is 22.7. The van der Waals surface area contributed by atoms with Crippen molar-refractivity contribution in [1.82, 2.24) is 0 Å². The first-order valence-electron chi connectivity index (χ1n) is 11.9. The van der Waals surface area contributed by atoms with Crippen LogP contribution in [0.15, 0.2) is 18.2 Å². The smallest absolute Gasteiger partial charge is 0.153 e. The van der Waals surface area contributed by atoms with Gasteiger partial charge in [-0.25, -0.2) is 4.39 Å². The Bertz CT molecular complexity index is 676. The first-order chi connectivity index (χ1) is 14.1. The molecule has 3 rings (SSSR count). The molecule has 2 aliphatic carbocycles. The van der Waals surface area contributed by atoms with Gasteiger partial charge in [0.15, 0.2) is 5.82 Å². The third-order valence-corrected chi connectivity index (χ3v) is 7.55. The molecule has 3 heteroatoms. The van der Waals surface area contributed by atoms with Gasteiger partial charge in [-0.2, -0.15) is 0 Å². The molecule has 29 heavy (non-hydrogen) atoms. The molecule has 0 heterocycles. The molecule has 1 atom stereocenters. The van der Waals surface area contributed by atoms with Crippen LogP contribution in [0.25, 0.3) is 5.57 Å². The summed E-state index contributed by atoms with van der Waals surface area (Å²) in [7, 11) is 0. The minimum Gasteiger partial charge on any atom is -0.492 e. The van der Waals surface area contributed by atoms with E-state index in [9.17, 15) is 4.39 Å². The third kappa shape index (κ3) is 6.23. The van der Waals surface area contributed by atoms with Gasteiger partial charge in [-0.15, -0.1) is 0 Å². The second-order valence-corrected chi connectivity index (χ2v) is 9.56. The van der Waals surface area contributed by atoms with Gasteiger partial charge in [0.1, 0.15) is 10.8 Å². The van der Waals surface area contributed by atoms with Crippen LogP contribution >= 0.6 is 11.6 Å². The zero-order chi connectivity index (χ0) is 20.6. The van der Waals surface area contributed by atoms with Gasteiger partial charge in [0.05, 0.1) is 6.61 Å².